The van der Waals surface area contributed by atoms with Crippen LogP contribution in [0.1, 0.15) is 26.3 Å². The van der Waals surface area contributed by atoms with Crippen molar-refractivity contribution in [3.63, 3.8) is 0 Å². The molecule has 0 atom stereocenters. The van der Waals surface area contributed by atoms with Crippen LogP contribution < -0.4 is 0 Å². The number of rotatable bonds is 1. The fourth-order valence-corrected chi connectivity index (χ4v) is 2.85. The predicted molar refractivity (Wildman–Crippen MR) is 84.6 cm³/mol. The van der Waals surface area contributed by atoms with E-state index in [-0.39, 0.29) is 0 Å². The molecule has 3 rings (SSSR count). The van der Waals surface area contributed by atoms with Crippen LogP contribution in [0.2, 0.25) is 0 Å². The van der Waals surface area contributed by atoms with Crippen molar-refractivity contribution in [3.8, 4) is 0 Å². The van der Waals surface area contributed by atoms with Gasteiger partial charge in [-0.1, -0.05) is 75.4 Å². The van der Waals surface area contributed by atoms with Gasteiger partial charge in [0.05, 0.1) is 0 Å². The Balaban J connectivity index is 2.36. The molecule has 0 unspecified atom stereocenters. The smallest absolute Gasteiger partial charge is 0.0103 e. The summed E-state index contributed by atoms with van der Waals surface area (Å²) in [6.45, 7) is 6.91. The summed E-state index contributed by atoms with van der Waals surface area (Å²) in [7, 11) is 0. The van der Waals surface area contributed by atoms with Gasteiger partial charge >= 0.3 is 0 Å². The minimum absolute atomic E-state index is 0.311. The van der Waals surface area contributed by atoms with E-state index in [0.717, 1.165) is 6.42 Å². The maximum atomic E-state index is 2.36. The van der Waals surface area contributed by atoms with Gasteiger partial charge in [-0.2, -0.15) is 0 Å². The Morgan fingerprint density at radius 1 is 0.737 bits per heavy atom. The quantitative estimate of drug-likeness (QED) is 0.493. The van der Waals surface area contributed by atoms with E-state index in [9.17, 15) is 0 Å². The third kappa shape index (κ3) is 2.35. The zero-order valence-corrected chi connectivity index (χ0v) is 11.9. The Bertz CT molecular complexity index is 730. The van der Waals surface area contributed by atoms with Crippen LogP contribution in [-0.4, -0.2) is 0 Å². The van der Waals surface area contributed by atoms with E-state index in [1.165, 1.54) is 27.1 Å². The van der Waals surface area contributed by atoms with Crippen molar-refractivity contribution in [1.82, 2.24) is 0 Å². The second kappa shape index (κ2) is 4.38. The van der Waals surface area contributed by atoms with Gasteiger partial charge in [0.2, 0.25) is 0 Å². The average Bonchev–Trinajstić information content (AvgIpc) is 2.37. The van der Waals surface area contributed by atoms with Gasteiger partial charge in [0.1, 0.15) is 0 Å². The fraction of sp³-hybridized carbons (Fsp3) is 0.263. The highest BCUT2D eigenvalue weighted by atomic mass is 14.2. The molecule has 0 bridgehead atoms. The summed E-state index contributed by atoms with van der Waals surface area (Å²) in [6, 6.07) is 19.8. The molecule has 0 aliphatic carbocycles. The largest absolute Gasteiger partial charge is 0.0616 e. The van der Waals surface area contributed by atoms with Crippen LogP contribution in [-0.2, 0) is 6.42 Å². The summed E-state index contributed by atoms with van der Waals surface area (Å²) >= 11 is 0. The van der Waals surface area contributed by atoms with Crippen LogP contribution in [0, 0.1) is 5.41 Å². The molecule has 0 heterocycles. The monoisotopic (exact) mass is 248 g/mol. The summed E-state index contributed by atoms with van der Waals surface area (Å²) in [6.07, 6.45) is 1.11. The SMILES string of the molecule is CC(C)(C)Cc1cc2ccccc2c2ccccc12. The summed E-state index contributed by atoms with van der Waals surface area (Å²) < 4.78 is 0. The fourth-order valence-electron chi connectivity index (χ4n) is 2.85. The van der Waals surface area contributed by atoms with Gasteiger partial charge in [-0.05, 0) is 38.9 Å². The van der Waals surface area contributed by atoms with E-state index in [1.807, 2.05) is 0 Å². The molecule has 96 valence electrons. The summed E-state index contributed by atoms with van der Waals surface area (Å²) in [5, 5.41) is 5.48. The Hall–Kier alpha value is -1.82. The normalized spacial score (nSPS) is 12.2. The van der Waals surface area contributed by atoms with Crippen LogP contribution >= 0.6 is 0 Å². The molecule has 0 N–H and O–H groups in total. The molecule has 0 aliphatic rings. The van der Waals surface area contributed by atoms with Crippen molar-refractivity contribution >= 4 is 21.5 Å². The molecule has 0 heteroatoms. The van der Waals surface area contributed by atoms with Crippen LogP contribution in [0.5, 0.6) is 0 Å². The molecule has 0 amide bonds. The lowest BCUT2D eigenvalue weighted by Crippen LogP contribution is -2.09. The molecule has 0 saturated carbocycles. The molecule has 3 aromatic rings. The first kappa shape index (κ1) is 12.2. The summed E-state index contributed by atoms with van der Waals surface area (Å²) in [5.74, 6) is 0. The second-order valence-corrected chi connectivity index (χ2v) is 6.54. The minimum Gasteiger partial charge on any atom is -0.0616 e. The van der Waals surface area contributed by atoms with Crippen molar-refractivity contribution in [2.75, 3.05) is 0 Å². The Labute approximate surface area is 115 Å². The van der Waals surface area contributed by atoms with Crippen molar-refractivity contribution in [3.05, 3.63) is 60.2 Å². The molecular formula is C19H20. The van der Waals surface area contributed by atoms with Crippen molar-refractivity contribution < 1.29 is 0 Å². The maximum Gasteiger partial charge on any atom is -0.0103 e. The molecular weight excluding hydrogens is 228 g/mol. The summed E-state index contributed by atoms with van der Waals surface area (Å²) in [4.78, 5) is 0. The van der Waals surface area contributed by atoms with Crippen LogP contribution in [0.25, 0.3) is 21.5 Å². The zero-order valence-electron chi connectivity index (χ0n) is 11.9. The number of fused-ring (bicyclic) bond motifs is 3. The topological polar surface area (TPSA) is 0 Å². The molecule has 0 nitrogen and oxygen atoms in total. The summed E-state index contributed by atoms with van der Waals surface area (Å²) in [5.41, 5.74) is 1.77. The van der Waals surface area contributed by atoms with Crippen LogP contribution in [0.15, 0.2) is 54.6 Å². The Morgan fingerprint density at radius 3 is 2.00 bits per heavy atom. The van der Waals surface area contributed by atoms with E-state index in [0.29, 0.717) is 5.41 Å². The van der Waals surface area contributed by atoms with E-state index in [2.05, 4.69) is 75.4 Å². The van der Waals surface area contributed by atoms with Gasteiger partial charge in [0.25, 0.3) is 0 Å². The maximum absolute atomic E-state index is 2.36. The van der Waals surface area contributed by atoms with Gasteiger partial charge in [-0.3, -0.25) is 0 Å². The average molecular weight is 248 g/mol. The number of hydrogen-bond acceptors (Lipinski definition) is 0. The third-order valence-electron chi connectivity index (χ3n) is 3.57. The van der Waals surface area contributed by atoms with Gasteiger partial charge in [0.15, 0.2) is 0 Å². The molecule has 0 aromatic heterocycles. The zero-order chi connectivity index (χ0) is 13.5. The van der Waals surface area contributed by atoms with E-state index < -0.39 is 0 Å². The molecule has 3 aromatic carbocycles. The predicted octanol–water partition coefficient (Wildman–Crippen LogP) is 5.58. The lowest BCUT2D eigenvalue weighted by molar-refractivity contribution is 0.413. The van der Waals surface area contributed by atoms with Gasteiger partial charge in [-0.25, -0.2) is 0 Å². The van der Waals surface area contributed by atoms with Crippen molar-refractivity contribution in [2.45, 2.75) is 27.2 Å². The van der Waals surface area contributed by atoms with Crippen LogP contribution in [0.4, 0.5) is 0 Å². The van der Waals surface area contributed by atoms with Gasteiger partial charge < -0.3 is 0 Å². The Kier molecular flexibility index (Phi) is 2.82. The van der Waals surface area contributed by atoms with Crippen molar-refractivity contribution in [2.24, 2.45) is 5.41 Å². The second-order valence-electron chi connectivity index (χ2n) is 6.54. The lowest BCUT2D eigenvalue weighted by Gasteiger charge is -2.20. The minimum atomic E-state index is 0.311. The molecule has 0 fully saturated rings. The molecule has 0 aliphatic heterocycles. The van der Waals surface area contributed by atoms with E-state index >= 15 is 0 Å². The highest BCUT2D eigenvalue weighted by Gasteiger charge is 2.14. The third-order valence-corrected chi connectivity index (χ3v) is 3.57. The number of hydrogen-bond donors (Lipinski definition) is 0. The molecule has 0 spiro atoms. The van der Waals surface area contributed by atoms with Crippen molar-refractivity contribution in [1.29, 1.82) is 0 Å². The lowest BCUT2D eigenvalue weighted by atomic mass is 9.85. The first-order valence-corrected chi connectivity index (χ1v) is 6.94. The highest BCUT2D eigenvalue weighted by Crippen LogP contribution is 2.32. The highest BCUT2D eigenvalue weighted by molar-refractivity contribution is 6.08. The number of benzene rings is 3. The Morgan fingerprint density at radius 2 is 1.32 bits per heavy atom. The van der Waals surface area contributed by atoms with E-state index in [1.54, 1.807) is 0 Å². The molecule has 19 heavy (non-hydrogen) atoms. The van der Waals surface area contributed by atoms with Gasteiger partial charge in [-0.15, -0.1) is 0 Å². The van der Waals surface area contributed by atoms with E-state index in [4.69, 9.17) is 0 Å². The van der Waals surface area contributed by atoms with Gasteiger partial charge in [0, 0.05) is 0 Å². The molecule has 0 radical (unpaired) electrons. The standard InChI is InChI=1S/C19H20/c1-19(2,3)13-15-12-14-8-4-5-9-16(14)18-11-7-6-10-17(15)18/h4-12H,13H2,1-3H3. The van der Waals surface area contributed by atoms with Crippen LogP contribution in [0.3, 0.4) is 0 Å². The molecule has 0 saturated heterocycles. The first-order valence-electron chi connectivity index (χ1n) is 6.94. The first-order chi connectivity index (χ1) is 9.04.